The lowest BCUT2D eigenvalue weighted by atomic mass is 10.2. The van der Waals surface area contributed by atoms with Crippen molar-refractivity contribution in [1.29, 1.82) is 0 Å². The molecule has 0 atom stereocenters. The maximum absolute atomic E-state index is 11.6. The molecule has 2 heterocycles. The lowest BCUT2D eigenvalue weighted by molar-refractivity contribution is 0.222. The van der Waals surface area contributed by atoms with Crippen molar-refractivity contribution in [2.75, 3.05) is 0 Å². The highest BCUT2D eigenvalue weighted by Gasteiger charge is 2.11. The molecule has 2 aromatic rings. The number of hydrogen-bond acceptors (Lipinski definition) is 7. The number of aliphatic hydroxyl groups excluding tert-OH is 1. The number of ether oxygens (including phenoxy) is 1. The van der Waals surface area contributed by atoms with Gasteiger partial charge in [-0.15, -0.1) is 0 Å². The van der Waals surface area contributed by atoms with Gasteiger partial charge in [-0.3, -0.25) is 4.79 Å². The molecule has 7 heteroatoms. The summed E-state index contributed by atoms with van der Waals surface area (Å²) in [7, 11) is 0. The van der Waals surface area contributed by atoms with Gasteiger partial charge in [-0.05, 0) is 0 Å². The fraction of sp³-hybridized carbons (Fsp3) is 0.417. The van der Waals surface area contributed by atoms with Gasteiger partial charge in [-0.2, -0.15) is 4.98 Å². The van der Waals surface area contributed by atoms with E-state index in [0.29, 0.717) is 5.82 Å². The minimum Gasteiger partial charge on any atom is -0.477 e. The van der Waals surface area contributed by atoms with Crippen LogP contribution in [0.3, 0.4) is 0 Å². The number of aromatic nitrogens is 2. The highest BCUT2D eigenvalue weighted by atomic mass is 16.5. The Balaban J connectivity index is 2.03. The van der Waals surface area contributed by atoms with Gasteiger partial charge in [-0.25, -0.2) is 0 Å². The van der Waals surface area contributed by atoms with E-state index in [4.69, 9.17) is 18.8 Å². The van der Waals surface area contributed by atoms with Gasteiger partial charge in [-0.1, -0.05) is 19.0 Å². The Morgan fingerprint density at radius 1 is 1.47 bits per heavy atom. The summed E-state index contributed by atoms with van der Waals surface area (Å²) >= 11 is 0. The smallest absolute Gasteiger partial charge is 0.264 e. The average molecular weight is 266 g/mol. The van der Waals surface area contributed by atoms with Gasteiger partial charge in [0.15, 0.2) is 12.4 Å². The Morgan fingerprint density at radius 3 is 2.84 bits per heavy atom. The third-order valence-electron chi connectivity index (χ3n) is 2.36. The lowest BCUT2D eigenvalue weighted by Crippen LogP contribution is -2.08. The van der Waals surface area contributed by atoms with Crippen LogP contribution >= 0.6 is 0 Å². The fourth-order valence-electron chi connectivity index (χ4n) is 1.33. The molecule has 2 aromatic heterocycles. The molecule has 0 unspecified atom stereocenters. The molecule has 102 valence electrons. The summed E-state index contributed by atoms with van der Waals surface area (Å²) in [5, 5.41) is 12.6. The Hall–Kier alpha value is -2.15. The predicted molar refractivity (Wildman–Crippen MR) is 63.6 cm³/mol. The Kier molecular flexibility index (Phi) is 3.96. The van der Waals surface area contributed by atoms with Crippen LogP contribution in [-0.2, 0) is 13.2 Å². The van der Waals surface area contributed by atoms with E-state index in [2.05, 4.69) is 10.1 Å². The van der Waals surface area contributed by atoms with E-state index >= 15 is 0 Å². The molecule has 0 aromatic carbocycles. The molecule has 1 N–H and O–H groups in total. The lowest BCUT2D eigenvalue weighted by Gasteiger charge is -2.01. The molecule has 2 rings (SSSR count). The predicted octanol–water partition coefficient (Wildman–Crippen LogP) is 1.22. The second-order valence-electron chi connectivity index (χ2n) is 4.22. The molecule has 19 heavy (non-hydrogen) atoms. The van der Waals surface area contributed by atoms with E-state index in [-0.39, 0.29) is 42.0 Å². The average Bonchev–Trinajstić information content (AvgIpc) is 2.86. The van der Waals surface area contributed by atoms with E-state index in [1.54, 1.807) is 0 Å². The molecule has 0 spiro atoms. The monoisotopic (exact) mass is 266 g/mol. The zero-order valence-corrected chi connectivity index (χ0v) is 10.6. The van der Waals surface area contributed by atoms with E-state index in [1.807, 2.05) is 13.8 Å². The van der Waals surface area contributed by atoms with Gasteiger partial charge in [0.25, 0.3) is 5.89 Å². The van der Waals surface area contributed by atoms with Crippen LogP contribution in [0.1, 0.15) is 37.2 Å². The van der Waals surface area contributed by atoms with Gasteiger partial charge in [0.05, 0.1) is 0 Å². The van der Waals surface area contributed by atoms with Crippen LogP contribution in [0.25, 0.3) is 0 Å². The first-order chi connectivity index (χ1) is 9.10. The third kappa shape index (κ3) is 3.19. The summed E-state index contributed by atoms with van der Waals surface area (Å²) in [4.78, 5) is 15.7. The SMILES string of the molecule is CC(C)c1noc(COc2coc(CO)cc2=O)n1. The molecule has 7 nitrogen and oxygen atoms in total. The minimum atomic E-state index is -0.376. The van der Waals surface area contributed by atoms with Crippen molar-refractivity contribution in [2.45, 2.75) is 33.0 Å². The van der Waals surface area contributed by atoms with E-state index in [0.717, 1.165) is 6.26 Å². The highest BCUT2D eigenvalue weighted by Crippen LogP contribution is 2.12. The fourth-order valence-corrected chi connectivity index (χ4v) is 1.33. The summed E-state index contributed by atoms with van der Waals surface area (Å²) in [6.45, 7) is 3.54. The van der Waals surface area contributed by atoms with Crippen molar-refractivity contribution in [2.24, 2.45) is 0 Å². The van der Waals surface area contributed by atoms with Crippen LogP contribution < -0.4 is 10.2 Å². The first-order valence-corrected chi connectivity index (χ1v) is 5.78. The standard InChI is InChI=1S/C12H14N2O5/c1-7(2)12-13-11(19-14-12)6-18-10-5-17-8(4-15)3-9(10)16/h3,5,7,15H,4,6H2,1-2H3. The van der Waals surface area contributed by atoms with Crippen LogP contribution in [0.2, 0.25) is 0 Å². The molecular weight excluding hydrogens is 252 g/mol. The van der Waals surface area contributed by atoms with Gasteiger partial charge in [0.1, 0.15) is 18.6 Å². The number of nitrogens with zero attached hydrogens (tertiary/aromatic N) is 2. The largest absolute Gasteiger partial charge is 0.477 e. The quantitative estimate of drug-likeness (QED) is 0.868. The summed E-state index contributed by atoms with van der Waals surface area (Å²) < 4.78 is 15.2. The Bertz CT molecular complexity index is 602. The highest BCUT2D eigenvalue weighted by molar-refractivity contribution is 5.17. The summed E-state index contributed by atoms with van der Waals surface area (Å²) in [5.74, 6) is 1.24. The first-order valence-electron chi connectivity index (χ1n) is 5.78. The van der Waals surface area contributed by atoms with Crippen molar-refractivity contribution in [1.82, 2.24) is 10.1 Å². The van der Waals surface area contributed by atoms with E-state index in [9.17, 15) is 4.79 Å². The van der Waals surface area contributed by atoms with Crippen LogP contribution in [-0.4, -0.2) is 15.2 Å². The van der Waals surface area contributed by atoms with Crippen LogP contribution in [0.15, 0.2) is 26.1 Å². The van der Waals surface area contributed by atoms with Crippen LogP contribution in [0, 0.1) is 0 Å². The molecular formula is C12H14N2O5. The Labute approximate surface area is 108 Å². The molecule has 0 fully saturated rings. The maximum atomic E-state index is 11.6. The molecule has 0 aliphatic rings. The topological polar surface area (TPSA) is 98.6 Å². The summed E-state index contributed by atoms with van der Waals surface area (Å²) in [6.07, 6.45) is 1.15. The number of aliphatic hydroxyl groups is 1. The number of rotatable bonds is 5. The van der Waals surface area contributed by atoms with Crippen LogP contribution in [0.4, 0.5) is 0 Å². The normalized spacial score (nSPS) is 10.9. The summed E-state index contributed by atoms with van der Waals surface area (Å²) in [5.41, 5.74) is -0.376. The zero-order chi connectivity index (χ0) is 13.8. The van der Waals surface area contributed by atoms with Crippen LogP contribution in [0.5, 0.6) is 5.75 Å². The molecule has 0 saturated heterocycles. The van der Waals surface area contributed by atoms with Crippen molar-refractivity contribution < 1.29 is 18.8 Å². The van der Waals surface area contributed by atoms with Gasteiger partial charge in [0, 0.05) is 12.0 Å². The van der Waals surface area contributed by atoms with Crippen molar-refractivity contribution in [3.63, 3.8) is 0 Å². The van der Waals surface area contributed by atoms with Crippen molar-refractivity contribution >= 4 is 0 Å². The molecule has 0 radical (unpaired) electrons. The maximum Gasteiger partial charge on any atom is 0.264 e. The second-order valence-corrected chi connectivity index (χ2v) is 4.22. The zero-order valence-electron chi connectivity index (χ0n) is 10.6. The van der Waals surface area contributed by atoms with Crippen molar-refractivity contribution in [3.05, 3.63) is 40.0 Å². The minimum absolute atomic E-state index is 0.0110. The second kappa shape index (κ2) is 5.66. The van der Waals surface area contributed by atoms with Gasteiger partial charge < -0.3 is 18.8 Å². The van der Waals surface area contributed by atoms with E-state index < -0.39 is 0 Å². The van der Waals surface area contributed by atoms with E-state index in [1.165, 1.54) is 6.07 Å². The summed E-state index contributed by atoms with van der Waals surface area (Å²) in [6, 6.07) is 1.17. The molecule has 0 bridgehead atoms. The molecule has 0 aliphatic heterocycles. The molecule has 0 aliphatic carbocycles. The third-order valence-corrected chi connectivity index (χ3v) is 2.36. The Morgan fingerprint density at radius 2 is 2.26 bits per heavy atom. The van der Waals surface area contributed by atoms with Crippen molar-refractivity contribution in [3.8, 4) is 5.75 Å². The van der Waals surface area contributed by atoms with Gasteiger partial charge in [0.2, 0.25) is 11.2 Å². The number of hydrogen-bond donors (Lipinski definition) is 1. The molecule has 0 amide bonds. The van der Waals surface area contributed by atoms with Gasteiger partial charge >= 0.3 is 0 Å². The first kappa shape index (κ1) is 13.3. The molecule has 0 saturated carbocycles.